The van der Waals surface area contributed by atoms with Crippen LogP contribution in [0.25, 0.3) is 10.9 Å². The van der Waals surface area contributed by atoms with Crippen LogP contribution in [-0.2, 0) is 21.4 Å². The molecular weight excluding hydrogens is 743 g/mol. The number of piperidine rings is 2. The molecule has 2 saturated heterocycles. The first-order valence-corrected chi connectivity index (χ1v) is 21.6. The molecule has 14 nitrogen and oxygen atoms in total. The van der Waals surface area contributed by atoms with Gasteiger partial charge >= 0.3 is 0 Å². The summed E-state index contributed by atoms with van der Waals surface area (Å²) in [5, 5.41) is 15.4. The summed E-state index contributed by atoms with van der Waals surface area (Å²) in [6.07, 6.45) is 18.6. The summed E-state index contributed by atoms with van der Waals surface area (Å²) in [5.41, 5.74) is 7.03. The molecule has 59 heavy (non-hydrogen) atoms. The van der Waals surface area contributed by atoms with Gasteiger partial charge in [0.15, 0.2) is 6.17 Å². The summed E-state index contributed by atoms with van der Waals surface area (Å²) >= 11 is 0. The van der Waals surface area contributed by atoms with E-state index >= 15 is 0 Å². The van der Waals surface area contributed by atoms with Crippen LogP contribution in [0.3, 0.4) is 0 Å². The molecule has 1 spiro atoms. The normalized spacial score (nSPS) is 20.2. The van der Waals surface area contributed by atoms with E-state index in [1.165, 1.54) is 66.1 Å². The minimum Gasteiger partial charge on any atom is -0.370 e. The molecule has 4 aliphatic heterocycles. The van der Waals surface area contributed by atoms with E-state index in [1.54, 1.807) is 21.1 Å². The number of aromatic nitrogens is 3. The van der Waals surface area contributed by atoms with Gasteiger partial charge in [0.25, 0.3) is 0 Å². The number of hydrogen-bond acceptors (Lipinski definition) is 11. The Hall–Kier alpha value is -5.40. The summed E-state index contributed by atoms with van der Waals surface area (Å²) in [7, 11) is 6.97. The predicted octanol–water partition coefficient (Wildman–Crippen LogP) is 6.14. The van der Waals surface area contributed by atoms with Gasteiger partial charge in [-0.05, 0) is 81.6 Å². The second-order valence-electron chi connectivity index (χ2n) is 16.4. The monoisotopic (exact) mass is 808 g/mol. The molecule has 1 aromatic carbocycles. The summed E-state index contributed by atoms with van der Waals surface area (Å²) in [6.45, 7) is 10.3. The van der Waals surface area contributed by atoms with Crippen LogP contribution in [0.4, 0.5) is 17.2 Å². The summed E-state index contributed by atoms with van der Waals surface area (Å²) in [5.74, 6) is 0.979. The van der Waals surface area contributed by atoms with Crippen molar-refractivity contribution in [3.63, 3.8) is 0 Å². The number of aliphatic imine (C=N–C) groups is 1. The van der Waals surface area contributed by atoms with E-state index in [0.717, 1.165) is 80.1 Å². The van der Waals surface area contributed by atoms with Crippen molar-refractivity contribution in [2.45, 2.75) is 103 Å². The van der Waals surface area contributed by atoms with Crippen LogP contribution >= 0.6 is 0 Å². The Labute approximate surface area is 350 Å². The van der Waals surface area contributed by atoms with E-state index in [0.29, 0.717) is 24.3 Å². The average Bonchev–Trinajstić information content (AvgIpc) is 4.00. The molecule has 318 valence electrons. The number of likely N-dealkylation sites (N-methyl/N-ethyl adjacent to an activating group) is 1. The fourth-order valence-electron chi connectivity index (χ4n) is 9.43. The van der Waals surface area contributed by atoms with Gasteiger partial charge in [-0.2, -0.15) is 5.10 Å². The van der Waals surface area contributed by atoms with Gasteiger partial charge in [-0.25, -0.2) is 9.98 Å². The Balaban J connectivity index is 0.000000779. The molecule has 8 rings (SSSR count). The average molecular weight is 808 g/mol. The quantitative estimate of drug-likeness (QED) is 0.205. The lowest BCUT2D eigenvalue weighted by molar-refractivity contribution is -0.122. The van der Waals surface area contributed by atoms with Crippen molar-refractivity contribution >= 4 is 52.7 Å². The lowest BCUT2D eigenvalue weighted by atomic mass is 9.71. The molecule has 0 radical (unpaired) electrons. The number of amides is 2. The van der Waals surface area contributed by atoms with E-state index in [4.69, 9.17) is 15.1 Å². The first-order valence-electron chi connectivity index (χ1n) is 21.6. The van der Waals surface area contributed by atoms with Crippen molar-refractivity contribution in [1.82, 2.24) is 35.2 Å². The molecule has 5 aliphatic rings. The number of allylic oxidation sites excluding steroid dienone is 1. The summed E-state index contributed by atoms with van der Waals surface area (Å²) in [4.78, 5) is 52.2. The van der Waals surface area contributed by atoms with Gasteiger partial charge in [-0.15, -0.1) is 0 Å². The van der Waals surface area contributed by atoms with Gasteiger partial charge in [0.2, 0.25) is 18.3 Å². The number of guanidine groups is 1. The molecule has 14 heteroatoms. The molecule has 6 heterocycles. The van der Waals surface area contributed by atoms with Crippen LogP contribution in [-0.4, -0.2) is 109 Å². The number of anilines is 3. The van der Waals surface area contributed by atoms with Crippen LogP contribution in [0.5, 0.6) is 0 Å². The first kappa shape index (κ1) is 43.2. The third kappa shape index (κ3) is 9.57. The van der Waals surface area contributed by atoms with E-state index in [9.17, 15) is 14.4 Å². The number of pyridine rings is 1. The Kier molecular flexibility index (Phi) is 14.3. The van der Waals surface area contributed by atoms with Crippen LogP contribution in [0.15, 0.2) is 65.1 Å². The number of nitrogens with one attached hydrogen (secondary N) is 3. The van der Waals surface area contributed by atoms with Crippen molar-refractivity contribution in [3.8, 4) is 0 Å². The number of benzene rings is 1. The Morgan fingerprint density at radius 1 is 1.02 bits per heavy atom. The van der Waals surface area contributed by atoms with Crippen LogP contribution in [0.2, 0.25) is 0 Å². The van der Waals surface area contributed by atoms with Gasteiger partial charge < -0.3 is 40.3 Å². The lowest BCUT2D eigenvalue weighted by Crippen LogP contribution is -2.47. The zero-order chi connectivity index (χ0) is 42.1. The molecule has 3 aromatic rings. The molecule has 3 fully saturated rings. The van der Waals surface area contributed by atoms with Crippen molar-refractivity contribution in [2.75, 3.05) is 62.4 Å². The van der Waals surface area contributed by atoms with E-state index in [-0.39, 0.29) is 12.1 Å². The number of carbonyl (C=O) groups is 3. The maximum atomic E-state index is 12.8. The number of carbonyl (C=O) groups excluding carboxylic acids is 3. The fraction of sp³-hybridized carbons (Fsp3) is 0.556. The second kappa shape index (κ2) is 19.6. The number of rotatable bonds is 10. The number of aryl methyl sites for hydroxylation is 1. The van der Waals surface area contributed by atoms with Gasteiger partial charge in [-0.1, -0.05) is 38.8 Å². The SMILES string of the molecule is CC.CN(C)C=O.CNC(=O)C(CCC=O)c1nn(C)c2c(N3CCC4(CCN(c5ccc(NC6=NC7C(=CN6)C=C(C)N7C6CCCC6)nc5)CC4)CC3)cccc12. The number of nitrogens with zero attached hydrogens (tertiary/aromatic N) is 8. The minimum absolute atomic E-state index is 0.0447. The van der Waals surface area contributed by atoms with Crippen molar-refractivity contribution in [1.29, 1.82) is 0 Å². The maximum Gasteiger partial charge on any atom is 0.228 e. The molecule has 2 unspecified atom stereocenters. The number of para-hydroxylation sites is 1. The smallest absolute Gasteiger partial charge is 0.228 e. The van der Waals surface area contributed by atoms with Crippen molar-refractivity contribution in [3.05, 3.63) is 65.8 Å². The molecule has 2 amide bonds. The van der Waals surface area contributed by atoms with E-state index < -0.39 is 5.92 Å². The zero-order valence-corrected chi connectivity index (χ0v) is 36.2. The molecule has 0 bridgehead atoms. The highest BCUT2D eigenvalue weighted by atomic mass is 16.2. The minimum atomic E-state index is -0.456. The Bertz CT molecular complexity index is 2000. The first-order chi connectivity index (χ1) is 28.6. The molecule has 2 aromatic heterocycles. The third-order valence-corrected chi connectivity index (χ3v) is 12.6. The molecule has 2 atom stereocenters. The Morgan fingerprint density at radius 3 is 2.31 bits per heavy atom. The number of fused-ring (bicyclic) bond motifs is 2. The summed E-state index contributed by atoms with van der Waals surface area (Å²) in [6, 6.07) is 11.1. The Morgan fingerprint density at radius 2 is 1.69 bits per heavy atom. The van der Waals surface area contributed by atoms with Crippen LogP contribution in [0.1, 0.15) is 96.6 Å². The standard InChI is InChI=1S/C40H52N10O2.C3H7NO.C2H6/c1-27-24-28-25-43-39(45-37(28)50(27)29-8-4-5-9-29)44-34-14-13-30(26-42-34)48-19-15-40(16-20-48)17-21-49(22-18-40)33-12-6-10-31-35(46-47(3)36(31)33)32(11-7-23-51)38(52)41-2;1-4(2)3-5;1-2/h6,10,12-14,23-26,29,32,37H,4-5,7-9,11,15-22H2,1-3H3,(H,41,52)(H2,42,43,44,45);3H,1-2H3;1-2H3. The maximum absolute atomic E-state index is 12.8. The topological polar surface area (TPSA) is 143 Å². The second-order valence-corrected chi connectivity index (χ2v) is 16.4. The predicted molar refractivity (Wildman–Crippen MR) is 237 cm³/mol. The third-order valence-electron chi connectivity index (χ3n) is 12.6. The van der Waals surface area contributed by atoms with Gasteiger partial charge in [0.05, 0.1) is 34.7 Å². The lowest BCUT2D eigenvalue weighted by Gasteiger charge is -2.48. The summed E-state index contributed by atoms with van der Waals surface area (Å²) < 4.78 is 1.92. The largest absolute Gasteiger partial charge is 0.370 e. The number of hydrogen-bond donors (Lipinski definition) is 3. The van der Waals surface area contributed by atoms with Crippen molar-refractivity contribution < 1.29 is 14.4 Å². The zero-order valence-electron chi connectivity index (χ0n) is 36.2. The highest BCUT2D eigenvalue weighted by molar-refractivity contribution is 5.97. The molecule has 1 saturated carbocycles. The van der Waals surface area contributed by atoms with Crippen LogP contribution in [0, 0.1) is 5.41 Å². The fourth-order valence-corrected chi connectivity index (χ4v) is 9.43. The van der Waals surface area contributed by atoms with Gasteiger partial charge in [0.1, 0.15) is 12.1 Å². The number of aldehydes is 1. The van der Waals surface area contributed by atoms with E-state index in [2.05, 4.69) is 80.2 Å². The highest BCUT2D eigenvalue weighted by Crippen LogP contribution is 2.44. The molecular formula is C45H65N11O3. The van der Waals surface area contributed by atoms with Gasteiger partial charge in [0, 0.05) is 89.7 Å². The highest BCUT2D eigenvalue weighted by Gasteiger charge is 2.39. The molecule has 3 N–H and O–H groups in total. The van der Waals surface area contributed by atoms with Crippen molar-refractivity contribution in [2.24, 2.45) is 17.5 Å². The molecule has 1 aliphatic carbocycles. The van der Waals surface area contributed by atoms with E-state index in [1.807, 2.05) is 31.8 Å². The van der Waals surface area contributed by atoms with Crippen LogP contribution < -0.4 is 25.8 Å². The van der Waals surface area contributed by atoms with Gasteiger partial charge in [-0.3, -0.25) is 14.3 Å².